The molecule has 0 aliphatic heterocycles. The van der Waals surface area contributed by atoms with Gasteiger partial charge in [0.05, 0.1) is 13.2 Å². The number of hydrogen-bond acceptors (Lipinski definition) is 5. The number of phosphoric ester groups is 1. The summed E-state index contributed by atoms with van der Waals surface area (Å²) in [6.45, 7) is 5.86. The van der Waals surface area contributed by atoms with Crippen LogP contribution in [0.5, 0.6) is 0 Å². The molecular formula is C26H36O5P. The molecule has 0 fully saturated rings. The zero-order chi connectivity index (χ0) is 23.2. The lowest BCUT2D eigenvalue weighted by Crippen LogP contribution is -2.22. The smallest absolute Gasteiger partial charge is 0.373 e. The van der Waals surface area contributed by atoms with Gasteiger partial charge in [-0.2, -0.15) is 0 Å². The van der Waals surface area contributed by atoms with Crippen LogP contribution in [0.15, 0.2) is 66.7 Å². The molecule has 0 amide bonds. The zero-order valence-corrected chi connectivity index (χ0v) is 20.6. The average Bonchev–Trinajstić information content (AvgIpc) is 2.81. The predicted molar refractivity (Wildman–Crippen MR) is 130 cm³/mol. The van der Waals surface area contributed by atoms with E-state index in [0.717, 1.165) is 19.3 Å². The van der Waals surface area contributed by atoms with Crippen LogP contribution in [-0.2, 0) is 22.9 Å². The Balaban J connectivity index is 2.01. The van der Waals surface area contributed by atoms with Crippen molar-refractivity contribution in [3.05, 3.63) is 84.0 Å². The fourth-order valence-electron chi connectivity index (χ4n) is 3.39. The second-order valence-electron chi connectivity index (χ2n) is 7.33. The van der Waals surface area contributed by atoms with Crippen molar-refractivity contribution in [3.8, 4) is 0 Å². The van der Waals surface area contributed by atoms with E-state index in [0.29, 0.717) is 12.5 Å². The minimum atomic E-state index is -3.61. The van der Waals surface area contributed by atoms with E-state index >= 15 is 0 Å². The van der Waals surface area contributed by atoms with Gasteiger partial charge >= 0.3 is 7.82 Å². The average molecular weight is 460 g/mol. The second kappa shape index (κ2) is 14.4. The van der Waals surface area contributed by atoms with Gasteiger partial charge in [0, 0.05) is 7.11 Å². The first-order valence-corrected chi connectivity index (χ1v) is 12.7. The number of methoxy groups -OCH3 is 1. The molecule has 1 radical (unpaired) electrons. The van der Waals surface area contributed by atoms with Crippen molar-refractivity contribution in [1.29, 1.82) is 0 Å². The maximum Gasteiger partial charge on any atom is 0.475 e. The molecule has 0 bridgehead atoms. The maximum absolute atomic E-state index is 12.8. The highest BCUT2D eigenvalue weighted by Gasteiger charge is 2.33. The summed E-state index contributed by atoms with van der Waals surface area (Å²) < 4.78 is 34.5. The summed E-state index contributed by atoms with van der Waals surface area (Å²) in [5.74, 6) is 0. The van der Waals surface area contributed by atoms with E-state index in [1.165, 1.54) is 16.7 Å². The fourth-order valence-corrected chi connectivity index (χ4v) is 4.78. The van der Waals surface area contributed by atoms with Crippen molar-refractivity contribution < 1.29 is 22.9 Å². The molecule has 0 aliphatic carbocycles. The fraction of sp³-hybridized carbons (Fsp3) is 0.423. The molecule has 2 rings (SSSR count). The molecule has 175 valence electrons. The molecule has 0 saturated heterocycles. The van der Waals surface area contributed by atoms with Gasteiger partial charge in [0.1, 0.15) is 12.2 Å². The molecule has 0 aromatic heterocycles. The van der Waals surface area contributed by atoms with Gasteiger partial charge in [-0.25, -0.2) is 4.57 Å². The predicted octanol–water partition coefficient (Wildman–Crippen LogP) is 7.44. The highest BCUT2D eigenvalue weighted by molar-refractivity contribution is 7.48. The third kappa shape index (κ3) is 8.65. The van der Waals surface area contributed by atoms with Crippen LogP contribution in [0.4, 0.5) is 0 Å². The van der Waals surface area contributed by atoms with E-state index in [1.54, 1.807) is 21.0 Å². The van der Waals surface area contributed by atoms with Crippen molar-refractivity contribution in [1.82, 2.24) is 0 Å². The topological polar surface area (TPSA) is 54.0 Å². The van der Waals surface area contributed by atoms with E-state index in [2.05, 4.69) is 54.6 Å². The summed E-state index contributed by atoms with van der Waals surface area (Å²) in [6.07, 6.45) is 5.95. The number of allylic oxidation sites excluding steroid dienone is 1. The minimum absolute atomic E-state index is 0.253. The highest BCUT2D eigenvalue weighted by atomic mass is 31.2. The summed E-state index contributed by atoms with van der Waals surface area (Å²) in [5, 5.41) is 0. The molecule has 0 N–H and O–H groups in total. The molecule has 2 aromatic carbocycles. The van der Waals surface area contributed by atoms with Crippen molar-refractivity contribution in [2.75, 3.05) is 20.3 Å². The molecular weight excluding hydrogens is 423 g/mol. The van der Waals surface area contributed by atoms with E-state index in [-0.39, 0.29) is 13.2 Å². The van der Waals surface area contributed by atoms with Crippen LogP contribution >= 0.6 is 7.82 Å². The molecule has 1 atom stereocenters. The van der Waals surface area contributed by atoms with Crippen LogP contribution in [0, 0.1) is 6.10 Å². The first-order valence-electron chi connectivity index (χ1n) is 11.3. The zero-order valence-electron chi connectivity index (χ0n) is 19.7. The summed E-state index contributed by atoms with van der Waals surface area (Å²) in [4.78, 5) is 0. The first-order chi connectivity index (χ1) is 15.5. The van der Waals surface area contributed by atoms with Gasteiger partial charge in [-0.05, 0) is 56.7 Å². The van der Waals surface area contributed by atoms with E-state index in [4.69, 9.17) is 18.3 Å². The van der Waals surface area contributed by atoms with Crippen LogP contribution in [0.1, 0.15) is 57.6 Å². The monoisotopic (exact) mass is 459 g/mol. The van der Waals surface area contributed by atoms with Crippen molar-refractivity contribution in [2.45, 2.75) is 52.6 Å². The lowest BCUT2D eigenvalue weighted by atomic mass is 9.96. The number of phosphoric acid groups is 1. The number of ether oxygens (including phenoxy) is 1. The third-order valence-electron chi connectivity index (χ3n) is 5.04. The molecule has 0 saturated carbocycles. The molecule has 32 heavy (non-hydrogen) atoms. The third-order valence-corrected chi connectivity index (χ3v) is 6.71. The number of rotatable bonds is 15. The summed E-state index contributed by atoms with van der Waals surface area (Å²) in [7, 11) is -2.02. The summed E-state index contributed by atoms with van der Waals surface area (Å²) in [6, 6.07) is 20.9. The lowest BCUT2D eigenvalue weighted by molar-refractivity contribution is 0.0382. The Morgan fingerprint density at radius 3 is 1.91 bits per heavy atom. The van der Waals surface area contributed by atoms with Crippen LogP contribution < -0.4 is 0 Å². The van der Waals surface area contributed by atoms with Crippen molar-refractivity contribution in [2.24, 2.45) is 0 Å². The Morgan fingerprint density at radius 1 is 0.906 bits per heavy atom. The molecule has 6 heteroatoms. The molecule has 5 nitrogen and oxygen atoms in total. The second-order valence-corrected chi connectivity index (χ2v) is 8.95. The van der Waals surface area contributed by atoms with Gasteiger partial charge in [0.15, 0.2) is 0 Å². The Hall–Kier alpha value is -1.75. The van der Waals surface area contributed by atoms with Crippen LogP contribution in [0.25, 0.3) is 5.57 Å². The van der Waals surface area contributed by atoms with Gasteiger partial charge < -0.3 is 4.74 Å². The lowest BCUT2D eigenvalue weighted by Gasteiger charge is -2.26. The Kier molecular flexibility index (Phi) is 11.9. The van der Waals surface area contributed by atoms with Gasteiger partial charge in [-0.1, -0.05) is 73.2 Å². The van der Waals surface area contributed by atoms with Crippen molar-refractivity contribution in [3.63, 3.8) is 0 Å². The molecule has 2 aromatic rings. The quantitative estimate of drug-likeness (QED) is 0.205. The maximum atomic E-state index is 12.8. The minimum Gasteiger partial charge on any atom is -0.373 e. The van der Waals surface area contributed by atoms with Crippen LogP contribution in [-0.4, -0.2) is 26.4 Å². The SMILES string of the molecule is CCOP(=O)(OCC)OC(CCCCC=C(c1ccccc1)c1ccccc1)[C](C)OC. The Bertz CT molecular complexity index is 786. The van der Waals surface area contributed by atoms with Gasteiger partial charge in [0.2, 0.25) is 0 Å². The van der Waals surface area contributed by atoms with Crippen molar-refractivity contribution >= 4 is 13.4 Å². The first kappa shape index (κ1) is 26.5. The molecule has 0 aliphatic rings. The van der Waals surface area contributed by atoms with E-state index < -0.39 is 13.9 Å². The van der Waals surface area contributed by atoms with Crippen LogP contribution in [0.3, 0.4) is 0 Å². The summed E-state index contributed by atoms with van der Waals surface area (Å²) in [5.41, 5.74) is 3.64. The van der Waals surface area contributed by atoms with Gasteiger partial charge in [-0.15, -0.1) is 0 Å². The number of hydrogen-bond donors (Lipinski definition) is 0. The standard InChI is InChI=1S/C26H36O5P/c1-5-29-32(27,30-6-2)31-26(22(3)28-4)21-15-9-14-20-25(23-16-10-7-11-17-23)24-18-12-8-13-19-24/h7-8,10-13,16-20,26H,5-6,9,14-15,21H2,1-4H3. The van der Waals surface area contributed by atoms with E-state index in [1.807, 2.05) is 19.1 Å². The van der Waals surface area contributed by atoms with Gasteiger partial charge in [0.25, 0.3) is 0 Å². The number of unbranched alkanes of at least 4 members (excludes halogenated alkanes) is 2. The summed E-state index contributed by atoms with van der Waals surface area (Å²) >= 11 is 0. The largest absolute Gasteiger partial charge is 0.475 e. The highest BCUT2D eigenvalue weighted by Crippen LogP contribution is 2.52. The molecule has 0 spiro atoms. The normalized spacial score (nSPS) is 12.7. The Morgan fingerprint density at radius 2 is 1.44 bits per heavy atom. The number of benzene rings is 2. The molecule has 0 heterocycles. The van der Waals surface area contributed by atoms with E-state index in [9.17, 15) is 4.57 Å². The molecule has 1 unspecified atom stereocenters. The Labute approximate surface area is 193 Å². The van der Waals surface area contributed by atoms with Crippen LogP contribution in [0.2, 0.25) is 0 Å². The van der Waals surface area contributed by atoms with Gasteiger partial charge in [-0.3, -0.25) is 13.6 Å².